The summed E-state index contributed by atoms with van der Waals surface area (Å²) in [4.78, 5) is 35.5. The first-order chi connectivity index (χ1) is 16.1. The van der Waals surface area contributed by atoms with E-state index in [1.807, 2.05) is 18.2 Å². The summed E-state index contributed by atoms with van der Waals surface area (Å²) in [5.74, 6) is -0.857. The Bertz CT molecular complexity index is 1390. The SMILES string of the molecule is O=C(NCc1ccc2nc(F)c(CN3CCCCC3)cc2c1)c1cc(=O)n2ccccc2n1. The lowest BCUT2D eigenvalue weighted by molar-refractivity contribution is 0.0946. The number of nitrogens with zero attached hydrogens (tertiary/aromatic N) is 4. The molecule has 1 aliphatic rings. The zero-order chi connectivity index (χ0) is 22.8. The van der Waals surface area contributed by atoms with Crippen molar-refractivity contribution in [2.75, 3.05) is 13.1 Å². The van der Waals surface area contributed by atoms with Gasteiger partial charge in [-0.1, -0.05) is 18.6 Å². The maximum Gasteiger partial charge on any atom is 0.270 e. The smallest absolute Gasteiger partial charge is 0.270 e. The highest BCUT2D eigenvalue weighted by molar-refractivity contribution is 5.92. The number of fused-ring (bicyclic) bond motifs is 2. The van der Waals surface area contributed by atoms with E-state index in [1.54, 1.807) is 30.5 Å². The molecule has 1 N–H and O–H groups in total. The van der Waals surface area contributed by atoms with Gasteiger partial charge < -0.3 is 5.32 Å². The first kappa shape index (κ1) is 21.2. The zero-order valence-corrected chi connectivity index (χ0v) is 18.1. The van der Waals surface area contributed by atoms with Crippen molar-refractivity contribution in [2.45, 2.75) is 32.4 Å². The van der Waals surface area contributed by atoms with Crippen LogP contribution in [-0.2, 0) is 13.1 Å². The van der Waals surface area contributed by atoms with Crippen LogP contribution in [0.5, 0.6) is 0 Å². The molecule has 168 valence electrons. The van der Waals surface area contributed by atoms with E-state index >= 15 is 0 Å². The second-order valence-corrected chi connectivity index (χ2v) is 8.39. The molecule has 5 rings (SSSR count). The van der Waals surface area contributed by atoms with Gasteiger partial charge in [0, 0.05) is 36.3 Å². The van der Waals surface area contributed by atoms with Crippen LogP contribution >= 0.6 is 0 Å². The van der Waals surface area contributed by atoms with Crippen molar-refractivity contribution in [1.82, 2.24) is 24.6 Å². The zero-order valence-electron chi connectivity index (χ0n) is 18.1. The second kappa shape index (κ2) is 9.07. The molecule has 4 heterocycles. The van der Waals surface area contributed by atoms with Gasteiger partial charge in [0.25, 0.3) is 11.5 Å². The van der Waals surface area contributed by atoms with Crippen molar-refractivity contribution in [3.05, 3.63) is 87.9 Å². The molecule has 1 saturated heterocycles. The highest BCUT2D eigenvalue weighted by atomic mass is 19.1. The van der Waals surface area contributed by atoms with Gasteiger partial charge in [-0.15, -0.1) is 0 Å². The lowest BCUT2D eigenvalue weighted by atomic mass is 10.1. The molecule has 8 heteroatoms. The summed E-state index contributed by atoms with van der Waals surface area (Å²) in [6, 6.07) is 13.7. The topological polar surface area (TPSA) is 79.6 Å². The Morgan fingerprint density at radius 2 is 1.88 bits per heavy atom. The van der Waals surface area contributed by atoms with Gasteiger partial charge >= 0.3 is 0 Å². The predicted molar refractivity (Wildman–Crippen MR) is 123 cm³/mol. The van der Waals surface area contributed by atoms with Crippen molar-refractivity contribution in [3.63, 3.8) is 0 Å². The molecule has 33 heavy (non-hydrogen) atoms. The number of pyridine rings is 2. The van der Waals surface area contributed by atoms with Crippen LogP contribution in [0.15, 0.2) is 59.5 Å². The van der Waals surface area contributed by atoms with Crippen LogP contribution in [0.2, 0.25) is 0 Å². The Morgan fingerprint density at radius 1 is 1.03 bits per heavy atom. The molecular formula is C25H24FN5O2. The highest BCUT2D eigenvalue weighted by Gasteiger charge is 2.15. The number of piperidine rings is 1. The average molecular weight is 445 g/mol. The molecule has 0 radical (unpaired) electrons. The molecule has 0 aliphatic carbocycles. The van der Waals surface area contributed by atoms with E-state index < -0.39 is 11.9 Å². The third-order valence-corrected chi connectivity index (χ3v) is 6.00. The second-order valence-electron chi connectivity index (χ2n) is 8.39. The van der Waals surface area contributed by atoms with Crippen molar-refractivity contribution in [3.8, 4) is 0 Å². The number of aromatic nitrogens is 3. The first-order valence-corrected chi connectivity index (χ1v) is 11.1. The third kappa shape index (κ3) is 4.61. The summed E-state index contributed by atoms with van der Waals surface area (Å²) in [7, 11) is 0. The molecule has 4 aromatic rings. The lowest BCUT2D eigenvalue weighted by Gasteiger charge is -2.26. The van der Waals surface area contributed by atoms with E-state index in [9.17, 15) is 14.0 Å². The largest absolute Gasteiger partial charge is 0.347 e. The van der Waals surface area contributed by atoms with Gasteiger partial charge in [0.05, 0.1) is 5.52 Å². The highest BCUT2D eigenvalue weighted by Crippen LogP contribution is 2.21. The number of hydrogen-bond donors (Lipinski definition) is 1. The van der Waals surface area contributed by atoms with E-state index in [0.29, 0.717) is 23.3 Å². The van der Waals surface area contributed by atoms with Gasteiger partial charge in [-0.05, 0) is 61.8 Å². The quantitative estimate of drug-likeness (QED) is 0.477. The van der Waals surface area contributed by atoms with Crippen LogP contribution in [0.3, 0.4) is 0 Å². The van der Waals surface area contributed by atoms with Crippen molar-refractivity contribution in [1.29, 1.82) is 0 Å². The molecule has 1 aliphatic heterocycles. The maximum atomic E-state index is 14.5. The van der Waals surface area contributed by atoms with Crippen molar-refractivity contribution < 1.29 is 9.18 Å². The van der Waals surface area contributed by atoms with E-state index in [4.69, 9.17) is 0 Å². The van der Waals surface area contributed by atoms with Gasteiger partial charge in [-0.2, -0.15) is 4.39 Å². The molecule has 7 nitrogen and oxygen atoms in total. The van der Waals surface area contributed by atoms with Crippen LogP contribution in [-0.4, -0.2) is 38.3 Å². The van der Waals surface area contributed by atoms with E-state index in [-0.39, 0.29) is 17.8 Å². The Balaban J connectivity index is 1.33. The molecule has 1 fully saturated rings. The maximum absolute atomic E-state index is 14.5. The fourth-order valence-corrected chi connectivity index (χ4v) is 4.27. The summed E-state index contributed by atoms with van der Waals surface area (Å²) in [5.41, 5.74) is 2.19. The Labute approximate surface area is 189 Å². The minimum absolute atomic E-state index is 0.0690. The monoisotopic (exact) mass is 445 g/mol. The molecular weight excluding hydrogens is 421 g/mol. The molecule has 1 aromatic carbocycles. The van der Waals surface area contributed by atoms with E-state index in [1.165, 1.54) is 16.9 Å². The van der Waals surface area contributed by atoms with Crippen LogP contribution < -0.4 is 10.9 Å². The van der Waals surface area contributed by atoms with Crippen LogP contribution in [0.25, 0.3) is 16.6 Å². The van der Waals surface area contributed by atoms with Crippen LogP contribution in [0.1, 0.15) is 40.9 Å². The van der Waals surface area contributed by atoms with Gasteiger partial charge in [0.15, 0.2) is 0 Å². The predicted octanol–water partition coefficient (Wildman–Crippen LogP) is 3.30. The number of benzene rings is 1. The number of amides is 1. The van der Waals surface area contributed by atoms with E-state index in [2.05, 4.69) is 20.2 Å². The van der Waals surface area contributed by atoms with Crippen LogP contribution in [0, 0.1) is 5.95 Å². The number of carbonyl (C=O) groups is 1. The minimum atomic E-state index is -0.429. The minimum Gasteiger partial charge on any atom is -0.347 e. The number of halogens is 1. The molecule has 0 saturated carbocycles. The Morgan fingerprint density at radius 3 is 2.73 bits per heavy atom. The number of nitrogens with one attached hydrogen (secondary N) is 1. The fraction of sp³-hybridized carbons (Fsp3) is 0.280. The molecule has 3 aromatic heterocycles. The van der Waals surface area contributed by atoms with Crippen molar-refractivity contribution >= 4 is 22.5 Å². The molecule has 0 atom stereocenters. The van der Waals surface area contributed by atoms with Crippen molar-refractivity contribution in [2.24, 2.45) is 0 Å². The summed E-state index contributed by atoms with van der Waals surface area (Å²) >= 11 is 0. The molecule has 0 spiro atoms. The molecule has 1 amide bonds. The lowest BCUT2D eigenvalue weighted by Crippen LogP contribution is -2.29. The number of hydrogen-bond acceptors (Lipinski definition) is 5. The van der Waals surface area contributed by atoms with Gasteiger partial charge in [-0.25, -0.2) is 9.97 Å². The van der Waals surface area contributed by atoms with E-state index in [0.717, 1.165) is 36.9 Å². The number of rotatable bonds is 5. The summed E-state index contributed by atoms with van der Waals surface area (Å²) < 4.78 is 15.9. The van der Waals surface area contributed by atoms with Crippen LogP contribution in [0.4, 0.5) is 4.39 Å². The summed E-state index contributed by atoms with van der Waals surface area (Å²) in [6.07, 6.45) is 5.13. The Hall–Kier alpha value is -3.65. The van der Waals surface area contributed by atoms with Gasteiger partial charge in [0.1, 0.15) is 11.3 Å². The normalized spacial score (nSPS) is 14.6. The number of carbonyl (C=O) groups excluding carboxylic acids is 1. The summed E-state index contributed by atoms with van der Waals surface area (Å²) in [5, 5.41) is 3.64. The Kier molecular flexibility index (Phi) is 5.83. The first-order valence-electron chi connectivity index (χ1n) is 11.1. The standard InChI is InChI=1S/C25H24FN5O2/c26-24-19(16-30-9-3-1-4-10-30)13-18-12-17(7-8-20(18)29-24)15-27-25(33)21-14-23(32)31-11-5-2-6-22(31)28-21/h2,5-8,11-14H,1,3-4,9-10,15-16H2,(H,27,33). The third-order valence-electron chi connectivity index (χ3n) is 6.00. The molecule has 0 bridgehead atoms. The van der Waals surface area contributed by atoms with Gasteiger partial charge in [0.2, 0.25) is 5.95 Å². The fourth-order valence-electron chi connectivity index (χ4n) is 4.27. The van der Waals surface area contributed by atoms with Gasteiger partial charge in [-0.3, -0.25) is 18.9 Å². The summed E-state index contributed by atoms with van der Waals surface area (Å²) in [6.45, 7) is 2.77. The molecule has 0 unspecified atom stereocenters. The number of likely N-dealkylation sites (tertiary alicyclic amines) is 1. The average Bonchev–Trinajstić information content (AvgIpc) is 2.83.